The molecule has 0 N–H and O–H groups in total. The molecule has 0 saturated carbocycles. The number of aromatic nitrogens is 2. The third-order valence-electron chi connectivity index (χ3n) is 3.28. The Kier molecular flexibility index (Phi) is 5.86. The minimum atomic E-state index is -4.67. The van der Waals surface area contributed by atoms with Gasteiger partial charge in [0, 0.05) is 11.8 Å². The first-order chi connectivity index (χ1) is 12.8. The first kappa shape index (κ1) is 19.4. The first-order valence-electron chi connectivity index (χ1n) is 7.57. The van der Waals surface area contributed by atoms with Gasteiger partial charge in [0.25, 0.3) is 0 Å². The third-order valence-corrected chi connectivity index (χ3v) is 4.51. The molecule has 0 aliphatic rings. The minimum absolute atomic E-state index is 0.142. The summed E-state index contributed by atoms with van der Waals surface area (Å²) in [6.45, 7) is 0. The van der Waals surface area contributed by atoms with Crippen molar-refractivity contribution in [3.63, 3.8) is 0 Å². The van der Waals surface area contributed by atoms with Gasteiger partial charge < -0.3 is 4.74 Å². The van der Waals surface area contributed by atoms with E-state index in [1.165, 1.54) is 24.3 Å². The van der Waals surface area contributed by atoms with Crippen LogP contribution in [-0.4, -0.2) is 9.97 Å². The number of hydrogen-bond donors (Lipinski definition) is 0. The van der Waals surface area contributed by atoms with Gasteiger partial charge in [0.2, 0.25) is 5.88 Å². The van der Waals surface area contributed by atoms with Gasteiger partial charge in [-0.05, 0) is 29.8 Å². The van der Waals surface area contributed by atoms with E-state index in [1.54, 1.807) is 24.3 Å². The first-order valence-corrected chi connectivity index (χ1v) is 8.93. The zero-order valence-corrected chi connectivity index (χ0v) is 15.1. The quantitative estimate of drug-likeness (QED) is 0.276. The van der Waals surface area contributed by atoms with E-state index in [9.17, 15) is 17.6 Å². The molecule has 0 spiro atoms. The van der Waals surface area contributed by atoms with Crippen LogP contribution in [-0.2, 0) is 11.9 Å². The summed E-state index contributed by atoms with van der Waals surface area (Å²) in [5.74, 6) is -0.343. The second kappa shape index (κ2) is 8.14. The van der Waals surface area contributed by atoms with E-state index in [4.69, 9.17) is 16.3 Å². The van der Waals surface area contributed by atoms with Crippen molar-refractivity contribution in [1.29, 1.82) is 0 Å². The fraction of sp³-hybridized carbons (Fsp3) is 0.111. The number of hydrogen-bond acceptors (Lipinski definition) is 4. The van der Waals surface area contributed by atoms with Crippen LogP contribution in [0.3, 0.4) is 0 Å². The normalized spacial score (nSPS) is 11.4. The molecule has 0 amide bonds. The van der Waals surface area contributed by atoms with Gasteiger partial charge in [-0.3, -0.25) is 0 Å². The van der Waals surface area contributed by atoms with Gasteiger partial charge >= 0.3 is 6.18 Å². The molecule has 0 bridgehead atoms. The van der Waals surface area contributed by atoms with E-state index in [0.717, 1.165) is 11.8 Å². The fourth-order valence-electron chi connectivity index (χ4n) is 2.08. The van der Waals surface area contributed by atoms with E-state index in [-0.39, 0.29) is 27.6 Å². The highest BCUT2D eigenvalue weighted by Crippen LogP contribution is 2.34. The molecule has 0 radical (unpaired) electrons. The third kappa shape index (κ3) is 5.33. The van der Waals surface area contributed by atoms with Crippen molar-refractivity contribution in [2.75, 3.05) is 0 Å². The van der Waals surface area contributed by atoms with Crippen LogP contribution in [0.2, 0.25) is 5.02 Å². The van der Waals surface area contributed by atoms with Crippen LogP contribution in [0.4, 0.5) is 17.6 Å². The molecule has 3 rings (SSSR count). The summed E-state index contributed by atoms with van der Waals surface area (Å²) in [5, 5.41) is 0.0924. The molecule has 3 nitrogen and oxygen atoms in total. The van der Waals surface area contributed by atoms with Crippen LogP contribution in [0.5, 0.6) is 11.6 Å². The molecule has 0 fully saturated rings. The predicted octanol–water partition coefficient (Wildman–Crippen LogP) is 6.37. The average molecular weight is 415 g/mol. The number of para-hydroxylation sites is 1. The van der Waals surface area contributed by atoms with Gasteiger partial charge in [0.1, 0.15) is 11.6 Å². The van der Waals surface area contributed by atoms with Gasteiger partial charge in [-0.2, -0.15) is 18.2 Å². The molecule has 3 aromatic rings. The molecule has 1 aromatic heterocycles. The van der Waals surface area contributed by atoms with Crippen LogP contribution in [0.1, 0.15) is 11.3 Å². The Hall–Kier alpha value is -2.32. The number of ether oxygens (including phenoxy) is 1. The van der Waals surface area contributed by atoms with Crippen LogP contribution < -0.4 is 4.74 Å². The highest BCUT2D eigenvalue weighted by Gasteiger charge is 2.34. The molecule has 0 atom stereocenters. The van der Waals surface area contributed by atoms with Crippen LogP contribution in [0.15, 0.2) is 59.8 Å². The van der Waals surface area contributed by atoms with Crippen molar-refractivity contribution in [2.24, 2.45) is 0 Å². The summed E-state index contributed by atoms with van der Waals surface area (Å²) in [4.78, 5) is 7.52. The van der Waals surface area contributed by atoms with Gasteiger partial charge in [-0.1, -0.05) is 47.6 Å². The summed E-state index contributed by atoms with van der Waals surface area (Å²) in [7, 11) is 0. The van der Waals surface area contributed by atoms with Crippen LogP contribution in [0, 0.1) is 5.82 Å². The van der Waals surface area contributed by atoms with E-state index in [0.29, 0.717) is 11.6 Å². The van der Waals surface area contributed by atoms with E-state index >= 15 is 0 Å². The van der Waals surface area contributed by atoms with E-state index in [1.807, 2.05) is 0 Å². The Morgan fingerprint density at radius 3 is 2.48 bits per heavy atom. The zero-order valence-electron chi connectivity index (χ0n) is 13.5. The maximum Gasteiger partial charge on any atom is 0.433 e. The second-order valence-corrected chi connectivity index (χ2v) is 6.67. The lowest BCUT2D eigenvalue weighted by molar-refractivity contribution is -0.141. The maximum absolute atomic E-state index is 13.2. The molecule has 2 aromatic carbocycles. The van der Waals surface area contributed by atoms with Gasteiger partial charge in [0.15, 0.2) is 10.9 Å². The Bertz CT molecular complexity index is 953. The standard InChI is InChI=1S/C18H11ClF4N2OS/c19-13-6-1-2-7-14(13)26-16-9-15(18(21,22)23)24-17(25-16)27-10-11-4-3-5-12(20)8-11/h1-9H,10H2. The summed E-state index contributed by atoms with van der Waals surface area (Å²) in [5.41, 5.74) is -0.545. The largest absolute Gasteiger partial charge is 0.437 e. The summed E-state index contributed by atoms with van der Waals surface area (Å²) in [6, 6.07) is 12.8. The molecule has 1 heterocycles. The molecule has 0 aliphatic carbocycles. The van der Waals surface area contributed by atoms with Crippen molar-refractivity contribution in [2.45, 2.75) is 17.1 Å². The smallest absolute Gasteiger partial charge is 0.433 e. The molecule has 27 heavy (non-hydrogen) atoms. The lowest BCUT2D eigenvalue weighted by atomic mass is 10.2. The Labute approximate surface area is 161 Å². The second-order valence-electron chi connectivity index (χ2n) is 5.32. The van der Waals surface area contributed by atoms with Crippen molar-refractivity contribution in [3.8, 4) is 11.6 Å². The minimum Gasteiger partial charge on any atom is -0.437 e. The molecule has 140 valence electrons. The summed E-state index contributed by atoms with van der Waals surface area (Å²) >= 11 is 6.91. The van der Waals surface area contributed by atoms with Crippen LogP contribution >= 0.6 is 23.4 Å². The van der Waals surface area contributed by atoms with Gasteiger partial charge in [-0.15, -0.1) is 0 Å². The SMILES string of the molecule is Fc1cccc(CSc2nc(Oc3ccccc3Cl)cc(C(F)(F)F)n2)c1. The molecule has 0 saturated heterocycles. The highest BCUT2D eigenvalue weighted by molar-refractivity contribution is 7.98. The average Bonchev–Trinajstić information content (AvgIpc) is 2.61. The van der Waals surface area contributed by atoms with Crippen molar-refractivity contribution >= 4 is 23.4 Å². The Balaban J connectivity index is 1.87. The number of alkyl halides is 3. The number of thioether (sulfide) groups is 1. The Morgan fingerprint density at radius 2 is 1.78 bits per heavy atom. The fourth-order valence-corrected chi connectivity index (χ4v) is 3.05. The molecule has 0 aliphatic heterocycles. The lowest BCUT2D eigenvalue weighted by Gasteiger charge is -2.11. The number of halogens is 5. The number of benzene rings is 2. The number of nitrogens with zero attached hydrogens (tertiary/aromatic N) is 2. The van der Waals surface area contributed by atoms with Crippen molar-refractivity contribution < 1.29 is 22.3 Å². The lowest BCUT2D eigenvalue weighted by Crippen LogP contribution is -2.10. The van der Waals surface area contributed by atoms with Crippen molar-refractivity contribution in [3.05, 3.63) is 76.7 Å². The molecular formula is C18H11ClF4N2OS. The van der Waals surface area contributed by atoms with E-state index in [2.05, 4.69) is 9.97 Å². The number of rotatable bonds is 5. The summed E-state index contributed by atoms with van der Waals surface area (Å²) < 4.78 is 58.1. The zero-order chi connectivity index (χ0) is 19.4. The maximum atomic E-state index is 13.2. The predicted molar refractivity (Wildman–Crippen MR) is 94.5 cm³/mol. The topological polar surface area (TPSA) is 35.0 Å². The molecule has 9 heteroatoms. The summed E-state index contributed by atoms with van der Waals surface area (Å²) in [6.07, 6.45) is -4.67. The van der Waals surface area contributed by atoms with E-state index < -0.39 is 17.7 Å². The monoisotopic (exact) mass is 414 g/mol. The van der Waals surface area contributed by atoms with Gasteiger partial charge in [0.05, 0.1) is 5.02 Å². The Morgan fingerprint density at radius 1 is 1.00 bits per heavy atom. The van der Waals surface area contributed by atoms with Gasteiger partial charge in [-0.25, -0.2) is 9.37 Å². The molecule has 0 unspecified atom stereocenters. The highest BCUT2D eigenvalue weighted by atomic mass is 35.5. The molecular weight excluding hydrogens is 404 g/mol. The van der Waals surface area contributed by atoms with Crippen molar-refractivity contribution in [1.82, 2.24) is 9.97 Å². The van der Waals surface area contributed by atoms with Crippen LogP contribution in [0.25, 0.3) is 0 Å².